The molecule has 152 valence electrons. The molecule has 0 aliphatic rings. The number of carbonyl (C=O) groups is 1. The number of hydrogen-bond acceptors (Lipinski definition) is 6. The van der Waals surface area contributed by atoms with E-state index >= 15 is 0 Å². The molecule has 29 heavy (non-hydrogen) atoms. The lowest BCUT2D eigenvalue weighted by atomic mass is 10.1. The topological polar surface area (TPSA) is 111 Å². The van der Waals surface area contributed by atoms with Crippen molar-refractivity contribution in [3.05, 3.63) is 54.2 Å². The Balaban J connectivity index is 2.29. The summed E-state index contributed by atoms with van der Waals surface area (Å²) in [5, 5.41) is 3.65. The molecule has 0 aliphatic heterocycles. The van der Waals surface area contributed by atoms with Crippen LogP contribution in [-0.4, -0.2) is 31.2 Å². The number of para-hydroxylation sites is 1. The third-order valence-corrected chi connectivity index (χ3v) is 7.08. The quantitative estimate of drug-likeness (QED) is 0.660. The highest BCUT2D eigenvalue weighted by Gasteiger charge is 2.33. The predicted molar refractivity (Wildman–Crippen MR) is 113 cm³/mol. The maximum atomic E-state index is 13.1. The van der Waals surface area contributed by atoms with Gasteiger partial charge in [0, 0.05) is 23.3 Å². The fraction of sp³-hybridized carbons (Fsp3) is 0.238. The molecule has 1 aromatic heterocycles. The van der Waals surface area contributed by atoms with E-state index in [-0.39, 0.29) is 16.0 Å². The van der Waals surface area contributed by atoms with Crippen LogP contribution in [0.5, 0.6) is 5.75 Å². The lowest BCUT2D eigenvalue weighted by Crippen LogP contribution is -2.28. The number of primary amides is 1. The fourth-order valence-corrected chi connectivity index (χ4v) is 4.24. The first-order valence-corrected chi connectivity index (χ1v) is 10.4. The van der Waals surface area contributed by atoms with Gasteiger partial charge in [-0.05, 0) is 39.0 Å². The molecule has 0 saturated heterocycles. The van der Waals surface area contributed by atoms with Gasteiger partial charge in [-0.1, -0.05) is 18.2 Å². The standard InChI is InChI=1S/C21H23N3O4S/c1-21(2,3)29(26,27)17-10-6-9-15-18(16(20(22)25)12-23-19(15)17)24-13-7-5-8-14(11-13)28-4/h5-12H,1-4H3,(H2,22,25)(H,23,24). The molecule has 2 aromatic carbocycles. The number of amides is 1. The number of pyridine rings is 1. The third-order valence-electron chi connectivity index (χ3n) is 4.56. The molecule has 7 nitrogen and oxygen atoms in total. The average molecular weight is 413 g/mol. The zero-order valence-electron chi connectivity index (χ0n) is 16.7. The van der Waals surface area contributed by atoms with E-state index in [4.69, 9.17) is 10.5 Å². The van der Waals surface area contributed by atoms with E-state index in [1.807, 2.05) is 0 Å². The highest BCUT2D eigenvalue weighted by atomic mass is 32.2. The molecular formula is C21H23N3O4S. The number of rotatable bonds is 5. The number of fused-ring (bicyclic) bond motifs is 1. The molecule has 0 radical (unpaired) electrons. The van der Waals surface area contributed by atoms with Crippen molar-refractivity contribution in [3.8, 4) is 5.75 Å². The Morgan fingerprint density at radius 2 is 1.83 bits per heavy atom. The lowest BCUT2D eigenvalue weighted by molar-refractivity contribution is 0.100. The number of nitrogens with zero attached hydrogens (tertiary/aromatic N) is 1. The lowest BCUT2D eigenvalue weighted by Gasteiger charge is -2.21. The van der Waals surface area contributed by atoms with Gasteiger partial charge in [0.05, 0.1) is 33.5 Å². The predicted octanol–water partition coefficient (Wildman–Crippen LogP) is 3.66. The average Bonchev–Trinajstić information content (AvgIpc) is 2.66. The molecule has 0 atom stereocenters. The van der Waals surface area contributed by atoms with Crippen LogP contribution < -0.4 is 15.8 Å². The summed E-state index contributed by atoms with van der Waals surface area (Å²) in [4.78, 5) is 16.4. The number of sulfone groups is 1. The molecule has 3 N–H and O–H groups in total. The van der Waals surface area contributed by atoms with E-state index in [9.17, 15) is 13.2 Å². The van der Waals surface area contributed by atoms with E-state index in [0.29, 0.717) is 22.5 Å². The number of nitrogens with one attached hydrogen (secondary N) is 1. The minimum absolute atomic E-state index is 0.104. The van der Waals surface area contributed by atoms with Crippen molar-refractivity contribution < 1.29 is 17.9 Å². The minimum Gasteiger partial charge on any atom is -0.497 e. The van der Waals surface area contributed by atoms with Crippen LogP contribution in [0.15, 0.2) is 53.6 Å². The monoisotopic (exact) mass is 413 g/mol. The number of ether oxygens (including phenoxy) is 1. The first-order valence-electron chi connectivity index (χ1n) is 8.93. The van der Waals surface area contributed by atoms with Gasteiger partial charge in [-0.25, -0.2) is 8.42 Å². The van der Waals surface area contributed by atoms with Gasteiger partial charge in [0.25, 0.3) is 5.91 Å². The Kier molecular flexibility index (Phi) is 5.23. The van der Waals surface area contributed by atoms with Crippen LogP contribution in [0, 0.1) is 0 Å². The summed E-state index contributed by atoms with van der Waals surface area (Å²) in [6.45, 7) is 4.90. The van der Waals surface area contributed by atoms with Crippen LogP contribution in [0.4, 0.5) is 11.4 Å². The summed E-state index contributed by atoms with van der Waals surface area (Å²) in [6.07, 6.45) is 1.30. The van der Waals surface area contributed by atoms with E-state index in [0.717, 1.165) is 0 Å². The number of aromatic nitrogens is 1. The summed E-state index contributed by atoms with van der Waals surface area (Å²) in [7, 11) is -2.11. The number of methoxy groups -OCH3 is 1. The smallest absolute Gasteiger partial charge is 0.252 e. The Labute approximate surface area is 169 Å². The molecular weight excluding hydrogens is 390 g/mol. The number of hydrogen-bond donors (Lipinski definition) is 2. The fourth-order valence-electron chi connectivity index (χ4n) is 2.91. The SMILES string of the molecule is COc1cccc(Nc2c(C(N)=O)cnc3c(S(=O)(=O)C(C)(C)C)cccc23)c1. The second kappa shape index (κ2) is 7.36. The number of nitrogens with two attached hydrogens (primary N) is 1. The van der Waals surface area contributed by atoms with E-state index in [1.54, 1.807) is 64.3 Å². The van der Waals surface area contributed by atoms with Crippen molar-refractivity contribution in [3.63, 3.8) is 0 Å². The Morgan fingerprint density at radius 1 is 1.14 bits per heavy atom. The highest BCUT2D eigenvalue weighted by molar-refractivity contribution is 7.93. The molecule has 1 amide bonds. The first-order chi connectivity index (χ1) is 13.6. The molecule has 0 fully saturated rings. The van der Waals surface area contributed by atoms with Crippen LogP contribution in [0.2, 0.25) is 0 Å². The third kappa shape index (κ3) is 3.75. The first kappa shape index (κ1) is 20.6. The molecule has 0 unspecified atom stereocenters. The summed E-state index contributed by atoms with van der Waals surface area (Å²) in [5.41, 5.74) is 7.03. The summed E-state index contributed by atoms with van der Waals surface area (Å²) < 4.78 is 30.4. The maximum absolute atomic E-state index is 13.1. The van der Waals surface area contributed by atoms with Gasteiger partial charge in [-0.15, -0.1) is 0 Å². The van der Waals surface area contributed by atoms with Gasteiger partial charge in [-0.3, -0.25) is 9.78 Å². The summed E-state index contributed by atoms with van der Waals surface area (Å²) >= 11 is 0. The van der Waals surface area contributed by atoms with Crippen molar-refractivity contribution >= 4 is 38.0 Å². The number of benzene rings is 2. The van der Waals surface area contributed by atoms with Gasteiger partial charge in [-0.2, -0.15) is 0 Å². The molecule has 1 heterocycles. The Bertz CT molecular complexity index is 1200. The minimum atomic E-state index is -3.66. The summed E-state index contributed by atoms with van der Waals surface area (Å²) in [6, 6.07) is 12.0. The molecule has 3 aromatic rings. The Morgan fingerprint density at radius 3 is 2.45 bits per heavy atom. The van der Waals surface area contributed by atoms with E-state index < -0.39 is 20.5 Å². The Hall–Kier alpha value is -3.13. The second-order valence-electron chi connectivity index (χ2n) is 7.54. The van der Waals surface area contributed by atoms with Crippen LogP contribution in [-0.2, 0) is 9.84 Å². The normalized spacial score (nSPS) is 12.0. The molecule has 0 spiro atoms. The van der Waals surface area contributed by atoms with Crippen LogP contribution in [0.3, 0.4) is 0 Å². The van der Waals surface area contributed by atoms with E-state index in [2.05, 4.69) is 10.3 Å². The van der Waals surface area contributed by atoms with Crippen molar-refractivity contribution in [2.45, 2.75) is 30.4 Å². The molecule has 0 saturated carbocycles. The molecule has 3 rings (SSSR count). The number of carbonyl (C=O) groups excluding carboxylic acids is 1. The largest absolute Gasteiger partial charge is 0.497 e. The summed E-state index contributed by atoms with van der Waals surface area (Å²) in [5.74, 6) is -0.0427. The van der Waals surface area contributed by atoms with Gasteiger partial charge >= 0.3 is 0 Å². The maximum Gasteiger partial charge on any atom is 0.252 e. The highest BCUT2D eigenvalue weighted by Crippen LogP contribution is 2.35. The van der Waals surface area contributed by atoms with Gasteiger partial charge in [0.15, 0.2) is 9.84 Å². The zero-order valence-corrected chi connectivity index (χ0v) is 17.5. The van der Waals surface area contributed by atoms with Crippen LogP contribution in [0.1, 0.15) is 31.1 Å². The van der Waals surface area contributed by atoms with Crippen molar-refractivity contribution in [1.82, 2.24) is 4.98 Å². The number of anilines is 2. The molecule has 0 bridgehead atoms. The second-order valence-corrected chi connectivity index (χ2v) is 10.2. The van der Waals surface area contributed by atoms with Crippen molar-refractivity contribution in [1.29, 1.82) is 0 Å². The van der Waals surface area contributed by atoms with E-state index in [1.165, 1.54) is 12.3 Å². The molecule has 0 aliphatic carbocycles. The van der Waals surface area contributed by atoms with Gasteiger partial charge in [0.1, 0.15) is 5.75 Å². The van der Waals surface area contributed by atoms with Gasteiger partial charge in [0.2, 0.25) is 0 Å². The van der Waals surface area contributed by atoms with Crippen molar-refractivity contribution in [2.24, 2.45) is 5.73 Å². The van der Waals surface area contributed by atoms with Crippen LogP contribution >= 0.6 is 0 Å². The van der Waals surface area contributed by atoms with Gasteiger partial charge < -0.3 is 15.8 Å². The van der Waals surface area contributed by atoms with Crippen LogP contribution in [0.25, 0.3) is 10.9 Å². The zero-order chi connectivity index (χ0) is 21.4. The van der Waals surface area contributed by atoms with Crippen molar-refractivity contribution in [2.75, 3.05) is 12.4 Å². The molecule has 8 heteroatoms.